The van der Waals surface area contributed by atoms with Gasteiger partial charge in [-0.3, -0.25) is 14.5 Å². The van der Waals surface area contributed by atoms with Gasteiger partial charge in [0, 0.05) is 7.11 Å². The van der Waals surface area contributed by atoms with Crippen molar-refractivity contribution in [1.82, 2.24) is 4.90 Å². The van der Waals surface area contributed by atoms with Gasteiger partial charge in [0.05, 0.1) is 37.5 Å². The van der Waals surface area contributed by atoms with E-state index in [2.05, 4.69) is 0 Å². The van der Waals surface area contributed by atoms with Crippen molar-refractivity contribution in [2.75, 3.05) is 33.5 Å². The molecular weight excluding hydrogens is 258 g/mol. The Morgan fingerprint density at radius 1 is 0.950 bits per heavy atom. The predicted molar refractivity (Wildman–Crippen MR) is 74.0 cm³/mol. The van der Waals surface area contributed by atoms with Crippen molar-refractivity contribution in [3.8, 4) is 0 Å². The highest BCUT2D eigenvalue weighted by molar-refractivity contribution is 6.22. The molecule has 1 aromatic carbocycles. The van der Waals surface area contributed by atoms with E-state index in [1.54, 1.807) is 7.11 Å². The summed E-state index contributed by atoms with van der Waals surface area (Å²) in [6.45, 7) is 5.25. The van der Waals surface area contributed by atoms with Gasteiger partial charge >= 0.3 is 0 Å². The quantitative estimate of drug-likeness (QED) is 0.585. The van der Waals surface area contributed by atoms with Crippen LogP contribution in [0.2, 0.25) is 0 Å². The third kappa shape index (κ3) is 2.59. The average molecular weight is 277 g/mol. The van der Waals surface area contributed by atoms with E-state index in [0.29, 0.717) is 30.9 Å². The van der Waals surface area contributed by atoms with Crippen molar-refractivity contribution in [3.63, 3.8) is 0 Å². The largest absolute Gasteiger partial charge is 0.382 e. The van der Waals surface area contributed by atoms with Crippen LogP contribution >= 0.6 is 0 Å². The molecule has 5 heteroatoms. The lowest BCUT2D eigenvalue weighted by atomic mass is 9.99. The Labute approximate surface area is 118 Å². The van der Waals surface area contributed by atoms with Crippen LogP contribution in [0.25, 0.3) is 0 Å². The van der Waals surface area contributed by atoms with E-state index in [4.69, 9.17) is 9.47 Å². The number of rotatable bonds is 6. The number of fused-ring (bicyclic) bond motifs is 1. The van der Waals surface area contributed by atoms with E-state index >= 15 is 0 Å². The van der Waals surface area contributed by atoms with E-state index in [0.717, 1.165) is 11.1 Å². The Balaban J connectivity index is 2.08. The summed E-state index contributed by atoms with van der Waals surface area (Å²) < 4.78 is 10.2. The fourth-order valence-electron chi connectivity index (χ4n) is 2.33. The minimum absolute atomic E-state index is 0.221. The molecule has 0 N–H and O–H groups in total. The number of ether oxygens (including phenoxy) is 2. The summed E-state index contributed by atoms with van der Waals surface area (Å²) in [5.74, 6) is -0.442. The lowest BCUT2D eigenvalue weighted by Crippen LogP contribution is -2.33. The van der Waals surface area contributed by atoms with Crippen LogP contribution in [0.1, 0.15) is 31.8 Å². The summed E-state index contributed by atoms with van der Waals surface area (Å²) in [6, 6.07) is 3.75. The number of imide groups is 1. The summed E-state index contributed by atoms with van der Waals surface area (Å²) in [4.78, 5) is 25.9. The summed E-state index contributed by atoms with van der Waals surface area (Å²) >= 11 is 0. The molecule has 0 saturated heterocycles. The summed E-state index contributed by atoms with van der Waals surface area (Å²) in [5, 5.41) is 0. The number of amides is 2. The molecule has 0 fully saturated rings. The van der Waals surface area contributed by atoms with Crippen molar-refractivity contribution >= 4 is 11.8 Å². The summed E-state index contributed by atoms with van der Waals surface area (Å²) in [5.41, 5.74) is 2.75. The smallest absolute Gasteiger partial charge is 0.261 e. The van der Waals surface area contributed by atoms with Gasteiger partial charge in [0.15, 0.2) is 0 Å². The lowest BCUT2D eigenvalue weighted by molar-refractivity contribution is 0.0459. The van der Waals surface area contributed by atoms with Gasteiger partial charge in [-0.2, -0.15) is 0 Å². The maximum absolute atomic E-state index is 12.3. The van der Waals surface area contributed by atoms with E-state index in [1.807, 2.05) is 26.0 Å². The van der Waals surface area contributed by atoms with Gasteiger partial charge < -0.3 is 9.47 Å². The molecule has 108 valence electrons. The Hall–Kier alpha value is -1.72. The minimum Gasteiger partial charge on any atom is -0.382 e. The number of hydrogen-bond acceptors (Lipinski definition) is 4. The fourth-order valence-corrected chi connectivity index (χ4v) is 2.33. The van der Waals surface area contributed by atoms with Gasteiger partial charge in [-0.25, -0.2) is 0 Å². The van der Waals surface area contributed by atoms with Crippen molar-refractivity contribution in [2.45, 2.75) is 13.8 Å². The fraction of sp³-hybridized carbons (Fsp3) is 0.467. The van der Waals surface area contributed by atoms with Gasteiger partial charge in [-0.05, 0) is 25.0 Å². The molecule has 1 aromatic rings. The van der Waals surface area contributed by atoms with E-state index in [-0.39, 0.29) is 18.4 Å². The highest BCUT2D eigenvalue weighted by Crippen LogP contribution is 2.28. The maximum Gasteiger partial charge on any atom is 0.261 e. The molecule has 5 nitrogen and oxygen atoms in total. The molecule has 2 amide bonds. The molecule has 20 heavy (non-hydrogen) atoms. The molecule has 0 saturated carbocycles. The van der Waals surface area contributed by atoms with Crippen LogP contribution in [-0.4, -0.2) is 50.2 Å². The molecule has 0 atom stereocenters. The zero-order chi connectivity index (χ0) is 14.7. The first-order valence-electron chi connectivity index (χ1n) is 6.61. The van der Waals surface area contributed by atoms with Crippen molar-refractivity contribution in [1.29, 1.82) is 0 Å². The second kappa shape index (κ2) is 6.15. The molecule has 1 aliphatic rings. The number of aryl methyl sites for hydroxylation is 2. The first-order valence-corrected chi connectivity index (χ1v) is 6.61. The standard InChI is InChI=1S/C15H19NO4/c1-10-4-5-11(2)13-12(10)14(17)16(15(13)18)6-7-20-9-8-19-3/h4-5H,6-9H2,1-3H3. The molecule has 0 radical (unpaired) electrons. The summed E-state index contributed by atoms with van der Waals surface area (Å²) in [6.07, 6.45) is 0. The molecule has 0 bridgehead atoms. The van der Waals surface area contributed by atoms with Crippen molar-refractivity contribution < 1.29 is 19.1 Å². The third-order valence-electron chi connectivity index (χ3n) is 3.43. The van der Waals surface area contributed by atoms with E-state index < -0.39 is 0 Å². The number of nitrogens with zero attached hydrogens (tertiary/aromatic N) is 1. The van der Waals surface area contributed by atoms with Crippen molar-refractivity contribution in [3.05, 3.63) is 34.4 Å². The molecule has 0 aliphatic carbocycles. The first-order chi connectivity index (χ1) is 9.57. The topological polar surface area (TPSA) is 55.8 Å². The van der Waals surface area contributed by atoms with Gasteiger partial charge in [-0.15, -0.1) is 0 Å². The SMILES string of the molecule is COCCOCCN1C(=O)c2c(C)ccc(C)c2C1=O. The number of carbonyl (C=O) groups excluding carboxylic acids is 2. The van der Waals surface area contributed by atoms with Crippen LogP contribution in [0.5, 0.6) is 0 Å². The first kappa shape index (κ1) is 14.7. The van der Waals surface area contributed by atoms with Gasteiger partial charge in [0.2, 0.25) is 0 Å². The lowest BCUT2D eigenvalue weighted by Gasteiger charge is -2.13. The number of benzene rings is 1. The molecular formula is C15H19NO4. The average Bonchev–Trinajstić information content (AvgIpc) is 2.68. The van der Waals surface area contributed by atoms with Crippen LogP contribution in [0, 0.1) is 13.8 Å². The summed E-state index contributed by atoms with van der Waals surface area (Å²) in [7, 11) is 1.60. The van der Waals surface area contributed by atoms with Gasteiger partial charge in [-0.1, -0.05) is 12.1 Å². The zero-order valence-electron chi connectivity index (χ0n) is 12.1. The normalized spacial score (nSPS) is 14.1. The van der Waals surface area contributed by atoms with E-state index in [9.17, 15) is 9.59 Å². The van der Waals surface area contributed by atoms with Crippen LogP contribution in [0.15, 0.2) is 12.1 Å². The predicted octanol–water partition coefficient (Wildman–Crippen LogP) is 1.56. The van der Waals surface area contributed by atoms with Gasteiger partial charge in [0.25, 0.3) is 11.8 Å². The zero-order valence-corrected chi connectivity index (χ0v) is 12.1. The monoisotopic (exact) mass is 277 g/mol. The van der Waals surface area contributed by atoms with Crippen LogP contribution in [0.4, 0.5) is 0 Å². The number of methoxy groups -OCH3 is 1. The third-order valence-corrected chi connectivity index (χ3v) is 3.43. The highest BCUT2D eigenvalue weighted by Gasteiger charge is 2.37. The van der Waals surface area contributed by atoms with Crippen LogP contribution in [0.3, 0.4) is 0 Å². The second-order valence-corrected chi connectivity index (χ2v) is 4.82. The minimum atomic E-state index is -0.221. The Morgan fingerprint density at radius 2 is 1.50 bits per heavy atom. The molecule has 0 aromatic heterocycles. The molecule has 0 spiro atoms. The Morgan fingerprint density at radius 3 is 2.00 bits per heavy atom. The molecule has 1 aliphatic heterocycles. The number of carbonyl (C=O) groups is 2. The molecule has 2 rings (SSSR count). The van der Waals surface area contributed by atoms with Crippen LogP contribution < -0.4 is 0 Å². The highest BCUT2D eigenvalue weighted by atomic mass is 16.5. The van der Waals surface area contributed by atoms with Crippen molar-refractivity contribution in [2.24, 2.45) is 0 Å². The number of hydrogen-bond donors (Lipinski definition) is 0. The Bertz CT molecular complexity index is 498. The van der Waals surface area contributed by atoms with E-state index in [1.165, 1.54) is 4.90 Å². The van der Waals surface area contributed by atoms with Crippen LogP contribution in [-0.2, 0) is 9.47 Å². The van der Waals surface area contributed by atoms with Gasteiger partial charge in [0.1, 0.15) is 0 Å². The molecule has 0 unspecified atom stereocenters. The maximum atomic E-state index is 12.3. The molecule has 1 heterocycles. The Kier molecular flexibility index (Phi) is 4.52. The second-order valence-electron chi connectivity index (χ2n) is 4.82.